The van der Waals surface area contributed by atoms with Gasteiger partial charge in [0, 0.05) is 18.0 Å². The minimum atomic E-state index is 0.615. The van der Waals surface area contributed by atoms with Crippen LogP contribution < -0.4 is 4.74 Å². The van der Waals surface area contributed by atoms with Crippen molar-refractivity contribution in [2.45, 2.75) is 6.54 Å². The van der Waals surface area contributed by atoms with Crippen LogP contribution in [-0.4, -0.2) is 23.1 Å². The molecule has 2 aromatic carbocycles. The standard InChI is InChI=1S/C22H19N3OS/c1-26-20-11-9-17(10-12-20)14-23-15-18-16-25(19-6-3-2-4-7-19)24-22(18)21-8-5-13-27-21/h2-13,15-16H,14H2,1H3. The maximum atomic E-state index is 5.20. The first-order valence-corrected chi connectivity index (χ1v) is 9.53. The third-order valence-electron chi connectivity index (χ3n) is 4.18. The van der Waals surface area contributed by atoms with Crippen LogP contribution in [0, 0.1) is 0 Å². The molecule has 2 heterocycles. The Morgan fingerprint density at radius 3 is 2.56 bits per heavy atom. The van der Waals surface area contributed by atoms with Crippen LogP contribution in [-0.2, 0) is 6.54 Å². The lowest BCUT2D eigenvalue weighted by Gasteiger charge is -2.00. The predicted molar refractivity (Wildman–Crippen MR) is 111 cm³/mol. The third-order valence-corrected chi connectivity index (χ3v) is 5.06. The molecule has 0 amide bonds. The zero-order valence-corrected chi connectivity index (χ0v) is 15.8. The molecule has 0 N–H and O–H groups in total. The number of nitrogens with zero attached hydrogens (tertiary/aromatic N) is 3. The van der Waals surface area contributed by atoms with Crippen LogP contribution in [0.3, 0.4) is 0 Å². The highest BCUT2D eigenvalue weighted by Crippen LogP contribution is 2.27. The summed E-state index contributed by atoms with van der Waals surface area (Å²) in [5, 5.41) is 6.86. The summed E-state index contributed by atoms with van der Waals surface area (Å²) >= 11 is 1.68. The van der Waals surface area contributed by atoms with Crippen LogP contribution in [0.15, 0.2) is 83.3 Å². The Bertz CT molecular complexity index is 1020. The number of thiophene rings is 1. The van der Waals surface area contributed by atoms with E-state index >= 15 is 0 Å². The molecule has 134 valence electrons. The molecule has 0 bridgehead atoms. The lowest BCUT2D eigenvalue weighted by molar-refractivity contribution is 0.414. The summed E-state index contributed by atoms with van der Waals surface area (Å²) in [6.07, 6.45) is 3.94. The molecule has 0 spiro atoms. The van der Waals surface area contributed by atoms with Crippen LogP contribution in [0.25, 0.3) is 16.3 Å². The maximum absolute atomic E-state index is 5.20. The Hall–Kier alpha value is -3.18. The first-order chi connectivity index (χ1) is 13.3. The van der Waals surface area contributed by atoms with E-state index in [0.717, 1.165) is 33.1 Å². The predicted octanol–water partition coefficient (Wildman–Crippen LogP) is 5.23. The van der Waals surface area contributed by atoms with E-state index in [2.05, 4.69) is 16.4 Å². The number of para-hydroxylation sites is 1. The highest BCUT2D eigenvalue weighted by Gasteiger charge is 2.11. The second-order valence-corrected chi connectivity index (χ2v) is 6.96. The van der Waals surface area contributed by atoms with Crippen LogP contribution in [0.4, 0.5) is 0 Å². The summed E-state index contributed by atoms with van der Waals surface area (Å²) in [5.41, 5.74) is 4.13. The summed E-state index contributed by atoms with van der Waals surface area (Å²) in [7, 11) is 1.67. The van der Waals surface area contributed by atoms with Crippen molar-refractivity contribution in [2.75, 3.05) is 7.11 Å². The van der Waals surface area contributed by atoms with Gasteiger partial charge in [-0.3, -0.25) is 4.99 Å². The molecular formula is C22H19N3OS. The molecule has 4 rings (SSSR count). The first kappa shape index (κ1) is 17.2. The Labute approximate surface area is 162 Å². The molecule has 0 aliphatic heterocycles. The topological polar surface area (TPSA) is 39.4 Å². The Morgan fingerprint density at radius 1 is 1.04 bits per heavy atom. The largest absolute Gasteiger partial charge is 0.497 e. The Balaban J connectivity index is 1.61. The molecule has 0 aliphatic carbocycles. The molecule has 0 aliphatic rings. The summed E-state index contributed by atoms with van der Waals surface area (Å²) in [4.78, 5) is 5.77. The van der Waals surface area contributed by atoms with Crippen LogP contribution in [0.5, 0.6) is 5.75 Å². The van der Waals surface area contributed by atoms with Gasteiger partial charge in [0.1, 0.15) is 11.4 Å². The van der Waals surface area contributed by atoms with Gasteiger partial charge in [0.2, 0.25) is 0 Å². The summed E-state index contributed by atoms with van der Waals surface area (Å²) in [6, 6.07) is 22.2. The Kier molecular flexibility index (Phi) is 5.12. The van der Waals surface area contributed by atoms with E-state index in [9.17, 15) is 0 Å². The van der Waals surface area contributed by atoms with Crippen molar-refractivity contribution in [3.8, 4) is 22.0 Å². The van der Waals surface area contributed by atoms with Crippen LogP contribution in [0.2, 0.25) is 0 Å². The van der Waals surface area contributed by atoms with Crippen molar-refractivity contribution >= 4 is 17.6 Å². The molecule has 27 heavy (non-hydrogen) atoms. The maximum Gasteiger partial charge on any atom is 0.118 e. The lowest BCUT2D eigenvalue weighted by Crippen LogP contribution is -1.93. The minimum Gasteiger partial charge on any atom is -0.497 e. The molecule has 0 saturated carbocycles. The summed E-state index contributed by atoms with van der Waals surface area (Å²) < 4.78 is 7.10. The average molecular weight is 373 g/mol. The quantitative estimate of drug-likeness (QED) is 0.434. The zero-order valence-electron chi connectivity index (χ0n) is 14.9. The number of aromatic nitrogens is 2. The molecule has 2 aromatic heterocycles. The van der Waals surface area contributed by atoms with E-state index in [0.29, 0.717) is 6.54 Å². The van der Waals surface area contributed by atoms with E-state index in [-0.39, 0.29) is 0 Å². The van der Waals surface area contributed by atoms with Crippen molar-refractivity contribution in [1.29, 1.82) is 0 Å². The molecule has 4 nitrogen and oxygen atoms in total. The third kappa shape index (κ3) is 3.99. The molecule has 0 saturated heterocycles. The highest BCUT2D eigenvalue weighted by molar-refractivity contribution is 7.13. The van der Waals surface area contributed by atoms with Gasteiger partial charge in [-0.2, -0.15) is 5.10 Å². The number of hydrogen-bond acceptors (Lipinski definition) is 4. The first-order valence-electron chi connectivity index (χ1n) is 8.65. The lowest BCUT2D eigenvalue weighted by atomic mass is 10.2. The van der Waals surface area contributed by atoms with Gasteiger partial charge >= 0.3 is 0 Å². The van der Waals surface area contributed by atoms with E-state index in [1.807, 2.05) is 77.8 Å². The van der Waals surface area contributed by atoms with E-state index in [1.165, 1.54) is 0 Å². The number of aliphatic imine (C=N–C) groups is 1. The number of benzene rings is 2. The normalized spacial score (nSPS) is 11.1. The molecule has 0 radical (unpaired) electrons. The fourth-order valence-corrected chi connectivity index (χ4v) is 3.51. The fourth-order valence-electron chi connectivity index (χ4n) is 2.78. The molecule has 5 heteroatoms. The second kappa shape index (κ2) is 8.01. The van der Waals surface area contributed by atoms with E-state index in [1.54, 1.807) is 18.4 Å². The number of ether oxygens (including phenoxy) is 1. The number of hydrogen-bond donors (Lipinski definition) is 0. The number of methoxy groups -OCH3 is 1. The Morgan fingerprint density at radius 2 is 1.85 bits per heavy atom. The van der Waals surface area contributed by atoms with E-state index < -0.39 is 0 Å². The molecule has 0 fully saturated rings. The van der Waals surface area contributed by atoms with Gasteiger partial charge in [-0.25, -0.2) is 4.68 Å². The smallest absolute Gasteiger partial charge is 0.118 e. The zero-order chi connectivity index (χ0) is 18.5. The van der Waals surface area contributed by atoms with Gasteiger partial charge in [-0.1, -0.05) is 36.4 Å². The van der Waals surface area contributed by atoms with Gasteiger partial charge in [-0.05, 0) is 41.3 Å². The SMILES string of the molecule is COc1ccc(CN=Cc2cn(-c3ccccc3)nc2-c2cccs2)cc1. The van der Waals surface area contributed by atoms with Crippen molar-refractivity contribution in [2.24, 2.45) is 4.99 Å². The molecule has 0 atom stereocenters. The molecule has 0 unspecified atom stereocenters. The van der Waals surface area contributed by atoms with Crippen molar-refractivity contribution in [1.82, 2.24) is 9.78 Å². The monoisotopic (exact) mass is 373 g/mol. The van der Waals surface area contributed by atoms with Gasteiger partial charge in [-0.15, -0.1) is 11.3 Å². The van der Waals surface area contributed by atoms with Crippen LogP contribution in [0.1, 0.15) is 11.1 Å². The minimum absolute atomic E-state index is 0.615. The van der Waals surface area contributed by atoms with Crippen molar-refractivity contribution in [3.05, 3.63) is 89.4 Å². The summed E-state index contributed by atoms with van der Waals surface area (Å²) in [6.45, 7) is 0.615. The van der Waals surface area contributed by atoms with Gasteiger partial charge in [0.05, 0.1) is 24.2 Å². The fraction of sp³-hybridized carbons (Fsp3) is 0.0909. The number of rotatable bonds is 6. The average Bonchev–Trinajstić information content (AvgIpc) is 3.39. The van der Waals surface area contributed by atoms with Gasteiger partial charge in [0.25, 0.3) is 0 Å². The van der Waals surface area contributed by atoms with Gasteiger partial charge in [0.15, 0.2) is 0 Å². The van der Waals surface area contributed by atoms with E-state index in [4.69, 9.17) is 9.84 Å². The molecule has 4 aromatic rings. The second-order valence-electron chi connectivity index (χ2n) is 6.01. The van der Waals surface area contributed by atoms with Crippen molar-refractivity contribution in [3.63, 3.8) is 0 Å². The highest BCUT2D eigenvalue weighted by atomic mass is 32.1. The van der Waals surface area contributed by atoms with Gasteiger partial charge < -0.3 is 4.74 Å². The van der Waals surface area contributed by atoms with Crippen LogP contribution >= 0.6 is 11.3 Å². The summed E-state index contributed by atoms with van der Waals surface area (Å²) in [5.74, 6) is 0.854. The molecular weight excluding hydrogens is 354 g/mol. The van der Waals surface area contributed by atoms with Crippen molar-refractivity contribution < 1.29 is 4.74 Å².